The average molecular weight is 314 g/mol. The lowest BCUT2D eigenvalue weighted by Crippen LogP contribution is -2.17. The number of carbonyl (C=O) groups excluding carboxylic acids is 1. The zero-order valence-electron chi connectivity index (χ0n) is 12.2. The number of methoxy groups -OCH3 is 1. The lowest BCUT2D eigenvalue weighted by atomic mass is 10.2. The highest BCUT2D eigenvalue weighted by molar-refractivity contribution is 6.03. The number of H-pyrrole nitrogens is 2. The smallest absolute Gasteiger partial charge is 0.272 e. The highest BCUT2D eigenvalue weighted by Crippen LogP contribution is 2.18. The van der Waals surface area contributed by atoms with Gasteiger partial charge in [-0.15, -0.1) is 0 Å². The van der Waals surface area contributed by atoms with Crippen LogP contribution in [0.25, 0.3) is 11.0 Å². The first-order chi connectivity index (χ1) is 11.1. The number of hydrogen-bond acceptors (Lipinski definition) is 5. The molecule has 0 unspecified atom stereocenters. The van der Waals surface area contributed by atoms with Gasteiger partial charge in [-0.3, -0.25) is 9.59 Å². The fourth-order valence-corrected chi connectivity index (χ4v) is 2.16. The summed E-state index contributed by atoms with van der Waals surface area (Å²) >= 11 is 0. The second kappa shape index (κ2) is 5.93. The molecule has 3 aromatic rings. The Labute approximate surface area is 130 Å². The van der Waals surface area contributed by atoms with Crippen molar-refractivity contribution in [2.24, 2.45) is 0 Å². The highest BCUT2D eigenvalue weighted by Gasteiger charge is 2.10. The summed E-state index contributed by atoms with van der Waals surface area (Å²) < 4.78 is 4.85. The number of imidazole rings is 1. The maximum atomic E-state index is 12.2. The first kappa shape index (κ1) is 14.8. The predicted octanol–water partition coefficient (Wildman–Crippen LogP) is 1.00. The van der Waals surface area contributed by atoms with Crippen molar-refractivity contribution in [2.75, 3.05) is 12.4 Å². The third-order valence-electron chi connectivity index (χ3n) is 3.28. The number of aliphatic hydroxyl groups is 1. The SMILES string of the molecule is COc1c[nH]c(C(=O)Nc2ccc3nc(CO)[nH]c3c2)cc1=O. The molecule has 1 aromatic carbocycles. The molecule has 0 aliphatic carbocycles. The van der Waals surface area contributed by atoms with Gasteiger partial charge in [0.25, 0.3) is 5.91 Å². The molecule has 23 heavy (non-hydrogen) atoms. The zero-order valence-corrected chi connectivity index (χ0v) is 12.2. The molecule has 0 radical (unpaired) electrons. The van der Waals surface area contributed by atoms with E-state index in [0.717, 1.165) is 0 Å². The summed E-state index contributed by atoms with van der Waals surface area (Å²) in [5.41, 5.74) is 1.65. The molecular weight excluding hydrogens is 300 g/mol. The first-order valence-corrected chi connectivity index (χ1v) is 6.78. The molecular formula is C15H14N4O4. The maximum Gasteiger partial charge on any atom is 0.272 e. The topological polar surface area (TPSA) is 120 Å². The Morgan fingerprint density at radius 2 is 2.22 bits per heavy atom. The van der Waals surface area contributed by atoms with Crippen LogP contribution in [0.2, 0.25) is 0 Å². The minimum Gasteiger partial charge on any atom is -0.491 e. The van der Waals surface area contributed by atoms with Gasteiger partial charge in [-0.2, -0.15) is 0 Å². The number of fused-ring (bicyclic) bond motifs is 1. The first-order valence-electron chi connectivity index (χ1n) is 6.78. The molecule has 2 heterocycles. The fourth-order valence-electron chi connectivity index (χ4n) is 2.16. The Morgan fingerprint density at radius 1 is 1.39 bits per heavy atom. The molecule has 3 rings (SSSR count). The maximum absolute atomic E-state index is 12.2. The number of carbonyl (C=O) groups is 1. The zero-order chi connectivity index (χ0) is 16.4. The molecule has 0 spiro atoms. The quantitative estimate of drug-likeness (QED) is 0.573. The monoisotopic (exact) mass is 314 g/mol. The van der Waals surface area contributed by atoms with Crippen LogP contribution >= 0.6 is 0 Å². The van der Waals surface area contributed by atoms with E-state index >= 15 is 0 Å². The third-order valence-corrected chi connectivity index (χ3v) is 3.28. The lowest BCUT2D eigenvalue weighted by molar-refractivity contribution is 0.102. The summed E-state index contributed by atoms with van der Waals surface area (Å²) in [7, 11) is 1.38. The number of aromatic nitrogens is 3. The highest BCUT2D eigenvalue weighted by atomic mass is 16.5. The summed E-state index contributed by atoms with van der Waals surface area (Å²) in [6.45, 7) is -0.191. The number of anilines is 1. The Balaban J connectivity index is 1.84. The van der Waals surface area contributed by atoms with Gasteiger partial charge >= 0.3 is 0 Å². The van der Waals surface area contributed by atoms with Crippen LogP contribution in [0.1, 0.15) is 16.3 Å². The summed E-state index contributed by atoms with van der Waals surface area (Å²) in [4.78, 5) is 33.7. The van der Waals surface area contributed by atoms with Crippen molar-refractivity contribution in [1.29, 1.82) is 0 Å². The molecule has 1 amide bonds. The van der Waals surface area contributed by atoms with Crippen molar-refractivity contribution in [3.05, 3.63) is 52.2 Å². The van der Waals surface area contributed by atoms with Crippen LogP contribution in [0.3, 0.4) is 0 Å². The predicted molar refractivity (Wildman–Crippen MR) is 83.6 cm³/mol. The Hall–Kier alpha value is -3.13. The average Bonchev–Trinajstić information content (AvgIpc) is 2.97. The van der Waals surface area contributed by atoms with Gasteiger partial charge in [-0.05, 0) is 18.2 Å². The molecule has 4 N–H and O–H groups in total. The summed E-state index contributed by atoms with van der Waals surface area (Å²) in [6, 6.07) is 6.27. The van der Waals surface area contributed by atoms with Gasteiger partial charge in [0.15, 0.2) is 5.75 Å². The Bertz CT molecular complexity index is 929. The molecule has 0 aliphatic rings. The molecule has 118 valence electrons. The molecule has 0 aliphatic heterocycles. The van der Waals surface area contributed by atoms with Gasteiger partial charge in [-0.1, -0.05) is 0 Å². The number of amides is 1. The number of aliphatic hydroxyl groups excluding tert-OH is 1. The number of nitrogens with zero attached hydrogens (tertiary/aromatic N) is 1. The molecule has 0 atom stereocenters. The molecule has 0 bridgehead atoms. The number of pyridine rings is 1. The van der Waals surface area contributed by atoms with Crippen molar-refractivity contribution in [2.45, 2.75) is 6.61 Å². The number of nitrogens with one attached hydrogen (secondary N) is 3. The van der Waals surface area contributed by atoms with Crippen LogP contribution in [0.15, 0.2) is 35.3 Å². The summed E-state index contributed by atoms with van der Waals surface area (Å²) in [5.74, 6) is 0.130. The van der Waals surface area contributed by atoms with Crippen LogP contribution in [-0.4, -0.2) is 33.1 Å². The van der Waals surface area contributed by atoms with Crippen LogP contribution in [0.5, 0.6) is 5.75 Å². The van der Waals surface area contributed by atoms with E-state index in [1.165, 1.54) is 19.4 Å². The summed E-state index contributed by atoms with van der Waals surface area (Å²) in [6.07, 6.45) is 1.34. The number of ether oxygens (including phenoxy) is 1. The largest absolute Gasteiger partial charge is 0.491 e. The van der Waals surface area contributed by atoms with Crippen LogP contribution in [0, 0.1) is 0 Å². The number of rotatable bonds is 4. The van der Waals surface area contributed by atoms with Crippen molar-refractivity contribution in [3.8, 4) is 5.75 Å². The van der Waals surface area contributed by atoms with E-state index in [2.05, 4.69) is 20.3 Å². The van der Waals surface area contributed by atoms with E-state index in [9.17, 15) is 9.59 Å². The van der Waals surface area contributed by atoms with E-state index < -0.39 is 5.91 Å². The molecule has 2 aromatic heterocycles. The van der Waals surface area contributed by atoms with E-state index in [1.807, 2.05) is 0 Å². The van der Waals surface area contributed by atoms with Crippen molar-refractivity contribution >= 4 is 22.6 Å². The van der Waals surface area contributed by atoms with Crippen LogP contribution in [-0.2, 0) is 6.61 Å². The van der Waals surface area contributed by atoms with Gasteiger partial charge in [-0.25, -0.2) is 4.98 Å². The summed E-state index contributed by atoms with van der Waals surface area (Å²) in [5, 5.41) is 11.7. The fraction of sp³-hybridized carbons (Fsp3) is 0.133. The van der Waals surface area contributed by atoms with E-state index in [1.54, 1.807) is 18.2 Å². The lowest BCUT2D eigenvalue weighted by Gasteiger charge is -2.06. The Morgan fingerprint density at radius 3 is 2.91 bits per heavy atom. The normalized spacial score (nSPS) is 10.7. The molecule has 0 fully saturated rings. The molecule has 0 saturated carbocycles. The standard InChI is InChI=1S/C15H14N4O4/c1-23-13-6-16-11(5-12(13)21)15(22)17-8-2-3-9-10(4-8)19-14(7-20)18-9/h2-6,20H,7H2,1H3,(H,16,21)(H,17,22)(H,18,19). The number of hydrogen-bond donors (Lipinski definition) is 4. The Kier molecular flexibility index (Phi) is 3.82. The van der Waals surface area contributed by atoms with Crippen molar-refractivity contribution in [1.82, 2.24) is 15.0 Å². The van der Waals surface area contributed by atoms with Gasteiger partial charge < -0.3 is 25.1 Å². The van der Waals surface area contributed by atoms with E-state index in [0.29, 0.717) is 22.5 Å². The molecule has 8 nitrogen and oxygen atoms in total. The number of benzene rings is 1. The third kappa shape index (κ3) is 2.92. The van der Waals surface area contributed by atoms with E-state index in [-0.39, 0.29) is 23.5 Å². The minimum atomic E-state index is -0.453. The molecule has 0 saturated heterocycles. The number of aromatic amines is 2. The van der Waals surface area contributed by atoms with Crippen LogP contribution in [0.4, 0.5) is 5.69 Å². The van der Waals surface area contributed by atoms with Gasteiger partial charge in [0.2, 0.25) is 5.43 Å². The van der Waals surface area contributed by atoms with Gasteiger partial charge in [0, 0.05) is 18.0 Å². The van der Waals surface area contributed by atoms with Crippen LogP contribution < -0.4 is 15.5 Å². The van der Waals surface area contributed by atoms with Crippen molar-refractivity contribution in [3.63, 3.8) is 0 Å². The van der Waals surface area contributed by atoms with Gasteiger partial charge in [0.05, 0.1) is 18.1 Å². The van der Waals surface area contributed by atoms with E-state index in [4.69, 9.17) is 9.84 Å². The molecule has 8 heteroatoms. The van der Waals surface area contributed by atoms with Crippen molar-refractivity contribution < 1.29 is 14.6 Å². The van der Waals surface area contributed by atoms with Gasteiger partial charge in [0.1, 0.15) is 18.1 Å². The minimum absolute atomic E-state index is 0.122. The second-order valence-electron chi connectivity index (χ2n) is 4.81. The second-order valence-corrected chi connectivity index (χ2v) is 4.81.